The number of likely N-dealkylation sites (N-methyl/N-ethyl adjacent to an activating group) is 1. The molecule has 2 aromatic heterocycles. The van der Waals surface area contributed by atoms with Crippen LogP contribution >= 0.6 is 0 Å². The monoisotopic (exact) mass is 418 g/mol. The maximum Gasteiger partial charge on any atom is 0.227 e. The van der Waals surface area contributed by atoms with Crippen LogP contribution in [-0.4, -0.2) is 64.4 Å². The normalized spacial score (nSPS) is 19.4. The van der Waals surface area contributed by atoms with E-state index < -0.39 is 0 Å². The number of anilines is 1. The molecule has 0 bridgehead atoms. The molecule has 7 nitrogen and oxygen atoms in total. The van der Waals surface area contributed by atoms with Crippen LogP contribution in [0.3, 0.4) is 0 Å². The van der Waals surface area contributed by atoms with Crippen LogP contribution in [0, 0.1) is 0 Å². The Kier molecular flexibility index (Phi) is 5.36. The molecule has 1 atom stereocenters. The molecule has 7 heteroatoms. The SMILES string of the molecule is CNc1nc(C2CCCN(C)C2)nc2c1CCN(C(=O)Cc1c[nH]c3ccccc13)C2. The third-order valence-corrected chi connectivity index (χ3v) is 6.68. The summed E-state index contributed by atoms with van der Waals surface area (Å²) in [4.78, 5) is 30.6. The number of carbonyl (C=O) groups is 1. The molecule has 2 aliphatic rings. The summed E-state index contributed by atoms with van der Waals surface area (Å²) < 4.78 is 0. The molecule has 4 heterocycles. The lowest BCUT2D eigenvalue weighted by molar-refractivity contribution is -0.131. The second-order valence-electron chi connectivity index (χ2n) is 8.81. The highest BCUT2D eigenvalue weighted by Crippen LogP contribution is 2.30. The lowest BCUT2D eigenvalue weighted by atomic mass is 9.96. The van der Waals surface area contributed by atoms with Gasteiger partial charge in [0.25, 0.3) is 0 Å². The van der Waals surface area contributed by atoms with Gasteiger partial charge in [-0.25, -0.2) is 9.97 Å². The van der Waals surface area contributed by atoms with E-state index in [2.05, 4.69) is 28.3 Å². The van der Waals surface area contributed by atoms with Crippen molar-refractivity contribution in [2.45, 2.75) is 38.1 Å². The minimum absolute atomic E-state index is 0.152. The van der Waals surface area contributed by atoms with Gasteiger partial charge in [-0.3, -0.25) is 4.79 Å². The average Bonchev–Trinajstić information content (AvgIpc) is 3.20. The highest BCUT2D eigenvalue weighted by Gasteiger charge is 2.28. The van der Waals surface area contributed by atoms with Crippen molar-refractivity contribution < 1.29 is 4.79 Å². The van der Waals surface area contributed by atoms with Crippen LogP contribution < -0.4 is 5.32 Å². The molecular weight excluding hydrogens is 388 g/mol. The molecule has 1 saturated heterocycles. The molecule has 31 heavy (non-hydrogen) atoms. The first-order valence-electron chi connectivity index (χ1n) is 11.2. The summed E-state index contributed by atoms with van der Waals surface area (Å²) in [6.45, 7) is 3.39. The van der Waals surface area contributed by atoms with Crippen molar-refractivity contribution in [2.75, 3.05) is 39.0 Å². The molecule has 1 amide bonds. The molecule has 5 rings (SSSR count). The minimum Gasteiger partial charge on any atom is -0.373 e. The van der Waals surface area contributed by atoms with E-state index in [1.54, 1.807) is 0 Å². The van der Waals surface area contributed by atoms with Crippen molar-refractivity contribution >= 4 is 22.6 Å². The first kappa shape index (κ1) is 20.0. The fourth-order valence-corrected chi connectivity index (χ4v) is 4.98. The van der Waals surface area contributed by atoms with E-state index in [0.29, 0.717) is 25.4 Å². The summed E-state index contributed by atoms with van der Waals surface area (Å²) in [6, 6.07) is 8.13. The number of nitrogens with zero attached hydrogens (tertiary/aromatic N) is 4. The van der Waals surface area contributed by atoms with Gasteiger partial charge in [0.2, 0.25) is 5.91 Å². The number of aromatic nitrogens is 3. The van der Waals surface area contributed by atoms with Gasteiger partial charge in [-0.2, -0.15) is 0 Å². The minimum atomic E-state index is 0.152. The van der Waals surface area contributed by atoms with Gasteiger partial charge in [0.05, 0.1) is 18.7 Å². The molecule has 2 N–H and O–H groups in total. The first-order valence-corrected chi connectivity index (χ1v) is 11.2. The van der Waals surface area contributed by atoms with Gasteiger partial charge in [-0.05, 0) is 44.5 Å². The van der Waals surface area contributed by atoms with Crippen LogP contribution in [0.15, 0.2) is 30.5 Å². The van der Waals surface area contributed by atoms with E-state index in [9.17, 15) is 4.79 Å². The fourth-order valence-electron chi connectivity index (χ4n) is 4.98. The predicted octanol–water partition coefficient (Wildman–Crippen LogP) is 2.94. The van der Waals surface area contributed by atoms with Crippen molar-refractivity contribution in [3.63, 3.8) is 0 Å². The number of para-hydroxylation sites is 1. The van der Waals surface area contributed by atoms with Crippen LogP contribution in [0.4, 0.5) is 5.82 Å². The molecule has 3 aromatic rings. The number of H-pyrrole nitrogens is 1. The summed E-state index contributed by atoms with van der Waals surface area (Å²) in [5.41, 5.74) is 4.28. The number of aromatic amines is 1. The number of fused-ring (bicyclic) bond motifs is 2. The number of hydrogen-bond acceptors (Lipinski definition) is 5. The van der Waals surface area contributed by atoms with Crippen molar-refractivity contribution in [2.24, 2.45) is 0 Å². The Morgan fingerprint density at radius 1 is 1.26 bits per heavy atom. The molecule has 0 saturated carbocycles. The molecular formula is C24H30N6O. The highest BCUT2D eigenvalue weighted by molar-refractivity contribution is 5.89. The second-order valence-corrected chi connectivity index (χ2v) is 8.81. The van der Waals surface area contributed by atoms with Gasteiger partial charge < -0.3 is 20.1 Å². The fraction of sp³-hybridized carbons (Fsp3) is 0.458. The summed E-state index contributed by atoms with van der Waals surface area (Å²) in [5.74, 6) is 2.35. The van der Waals surface area contributed by atoms with E-state index in [1.165, 1.54) is 6.42 Å². The molecule has 1 aromatic carbocycles. The van der Waals surface area contributed by atoms with Crippen molar-refractivity contribution in [3.05, 3.63) is 53.1 Å². The van der Waals surface area contributed by atoms with Gasteiger partial charge >= 0.3 is 0 Å². The molecule has 162 valence electrons. The summed E-state index contributed by atoms with van der Waals surface area (Å²) in [7, 11) is 4.09. The summed E-state index contributed by atoms with van der Waals surface area (Å²) >= 11 is 0. The topological polar surface area (TPSA) is 77.2 Å². The zero-order chi connectivity index (χ0) is 21.4. The van der Waals surface area contributed by atoms with E-state index in [0.717, 1.165) is 65.3 Å². The zero-order valence-corrected chi connectivity index (χ0v) is 18.3. The number of carbonyl (C=O) groups excluding carboxylic acids is 1. The van der Waals surface area contributed by atoms with E-state index in [1.807, 2.05) is 36.3 Å². The predicted molar refractivity (Wildman–Crippen MR) is 122 cm³/mol. The van der Waals surface area contributed by atoms with Gasteiger partial charge in [0.1, 0.15) is 11.6 Å². The van der Waals surface area contributed by atoms with Crippen LogP contribution in [0.25, 0.3) is 10.9 Å². The second kappa shape index (κ2) is 8.30. The zero-order valence-electron chi connectivity index (χ0n) is 18.3. The number of amides is 1. The third-order valence-electron chi connectivity index (χ3n) is 6.68. The molecule has 1 fully saturated rings. The maximum absolute atomic E-state index is 13.1. The number of piperidine rings is 1. The van der Waals surface area contributed by atoms with Crippen molar-refractivity contribution in [1.82, 2.24) is 24.8 Å². The number of nitrogens with one attached hydrogen (secondary N) is 2. The summed E-state index contributed by atoms with van der Waals surface area (Å²) in [6.07, 6.45) is 5.44. The van der Waals surface area contributed by atoms with Crippen molar-refractivity contribution in [1.29, 1.82) is 0 Å². The van der Waals surface area contributed by atoms with Crippen molar-refractivity contribution in [3.8, 4) is 0 Å². The summed E-state index contributed by atoms with van der Waals surface area (Å²) in [5, 5.41) is 4.40. The number of likely N-dealkylation sites (tertiary alicyclic amines) is 1. The van der Waals surface area contributed by atoms with Gasteiger partial charge in [0, 0.05) is 48.7 Å². The van der Waals surface area contributed by atoms with Crippen LogP contribution in [0.5, 0.6) is 0 Å². The Labute approximate surface area is 182 Å². The standard InChI is InChI=1S/C24H30N6O/c1-25-24-19-9-11-30(22(31)12-17-13-26-20-8-4-3-7-18(17)20)15-21(19)27-23(28-24)16-6-5-10-29(2)14-16/h3-4,7-8,13,16,26H,5-6,9-12,14-15H2,1-2H3,(H,25,27,28). The smallest absolute Gasteiger partial charge is 0.227 e. The average molecular weight is 419 g/mol. The Hall–Kier alpha value is -2.93. The van der Waals surface area contributed by atoms with E-state index in [-0.39, 0.29) is 5.91 Å². The maximum atomic E-state index is 13.1. The molecule has 1 unspecified atom stereocenters. The first-order chi connectivity index (χ1) is 15.1. The molecule has 0 radical (unpaired) electrons. The Morgan fingerprint density at radius 3 is 2.97 bits per heavy atom. The number of benzene rings is 1. The number of rotatable bonds is 4. The Balaban J connectivity index is 1.37. The van der Waals surface area contributed by atoms with Crippen LogP contribution in [-0.2, 0) is 24.2 Å². The Morgan fingerprint density at radius 2 is 2.13 bits per heavy atom. The third kappa shape index (κ3) is 3.90. The number of hydrogen-bond donors (Lipinski definition) is 2. The van der Waals surface area contributed by atoms with Gasteiger partial charge in [-0.15, -0.1) is 0 Å². The quantitative estimate of drug-likeness (QED) is 0.681. The highest BCUT2D eigenvalue weighted by atomic mass is 16.2. The lowest BCUT2D eigenvalue weighted by Crippen LogP contribution is -2.38. The van der Waals surface area contributed by atoms with E-state index >= 15 is 0 Å². The van der Waals surface area contributed by atoms with E-state index in [4.69, 9.17) is 9.97 Å². The Bertz CT molecular complexity index is 1110. The lowest BCUT2D eigenvalue weighted by Gasteiger charge is -2.32. The molecule has 0 aliphatic carbocycles. The molecule has 0 spiro atoms. The van der Waals surface area contributed by atoms with Crippen LogP contribution in [0.1, 0.15) is 41.4 Å². The van der Waals surface area contributed by atoms with Gasteiger partial charge in [0.15, 0.2) is 0 Å². The van der Waals surface area contributed by atoms with Crippen LogP contribution in [0.2, 0.25) is 0 Å². The molecule has 2 aliphatic heterocycles. The largest absolute Gasteiger partial charge is 0.373 e. The van der Waals surface area contributed by atoms with Gasteiger partial charge in [-0.1, -0.05) is 18.2 Å².